The molecule has 2 aromatic carbocycles. The predicted molar refractivity (Wildman–Crippen MR) is 102 cm³/mol. The highest BCUT2D eigenvalue weighted by atomic mass is 32.2. The number of methoxy groups -OCH3 is 2. The molecule has 0 spiro atoms. The van der Waals surface area contributed by atoms with Crippen LogP contribution in [0.15, 0.2) is 42.5 Å². The normalized spacial score (nSPS) is 10.9. The largest absolute Gasteiger partial charge is 0.493 e. The van der Waals surface area contributed by atoms with Gasteiger partial charge in [0.15, 0.2) is 11.5 Å². The molecule has 0 heterocycles. The van der Waals surface area contributed by atoms with E-state index < -0.39 is 15.9 Å². The van der Waals surface area contributed by atoms with Crippen LogP contribution >= 0.6 is 0 Å². The molecule has 140 valence electrons. The first kappa shape index (κ1) is 19.6. The highest BCUT2D eigenvalue weighted by molar-refractivity contribution is 7.92. The monoisotopic (exact) mass is 378 g/mol. The van der Waals surface area contributed by atoms with Crippen LogP contribution in [0, 0.1) is 6.92 Å². The molecule has 7 nitrogen and oxygen atoms in total. The van der Waals surface area contributed by atoms with E-state index >= 15 is 0 Å². The number of amides is 1. The van der Waals surface area contributed by atoms with Gasteiger partial charge >= 0.3 is 0 Å². The zero-order valence-corrected chi connectivity index (χ0v) is 16.0. The molecule has 26 heavy (non-hydrogen) atoms. The van der Waals surface area contributed by atoms with Crippen molar-refractivity contribution in [3.05, 3.63) is 48.0 Å². The summed E-state index contributed by atoms with van der Waals surface area (Å²) in [6.07, 6.45) is 1.04. The van der Waals surface area contributed by atoms with Crippen molar-refractivity contribution >= 4 is 27.3 Å². The number of benzene rings is 2. The van der Waals surface area contributed by atoms with Gasteiger partial charge in [0, 0.05) is 11.8 Å². The average molecular weight is 378 g/mol. The number of nitrogens with zero attached hydrogens (tertiary/aromatic N) is 1. The van der Waals surface area contributed by atoms with Crippen LogP contribution < -0.4 is 19.1 Å². The molecule has 0 aliphatic heterocycles. The maximum atomic E-state index is 12.3. The Labute approximate surface area is 153 Å². The van der Waals surface area contributed by atoms with Gasteiger partial charge in [-0.2, -0.15) is 0 Å². The maximum Gasteiger partial charge on any atom is 0.245 e. The SMILES string of the molecule is COc1ccc(N(CC(=O)Nc2ccc(C)cc2)S(C)(=O)=O)cc1OC. The summed E-state index contributed by atoms with van der Waals surface area (Å²) in [6.45, 7) is 1.58. The van der Waals surface area contributed by atoms with Crippen LogP contribution in [0.2, 0.25) is 0 Å². The first-order valence-electron chi connectivity index (χ1n) is 7.81. The van der Waals surface area contributed by atoms with E-state index in [2.05, 4.69) is 5.32 Å². The first-order chi connectivity index (χ1) is 12.2. The summed E-state index contributed by atoms with van der Waals surface area (Å²) < 4.78 is 35.8. The van der Waals surface area contributed by atoms with Crippen LogP contribution in [0.5, 0.6) is 11.5 Å². The van der Waals surface area contributed by atoms with Crippen LogP contribution in [-0.4, -0.2) is 41.3 Å². The van der Waals surface area contributed by atoms with E-state index in [9.17, 15) is 13.2 Å². The number of hydrogen-bond acceptors (Lipinski definition) is 5. The summed E-state index contributed by atoms with van der Waals surface area (Å²) >= 11 is 0. The third-order valence-corrected chi connectivity index (χ3v) is 4.82. The topological polar surface area (TPSA) is 84.9 Å². The van der Waals surface area contributed by atoms with Crippen molar-refractivity contribution in [1.29, 1.82) is 0 Å². The number of ether oxygens (including phenoxy) is 2. The van der Waals surface area contributed by atoms with E-state index in [1.807, 2.05) is 19.1 Å². The lowest BCUT2D eigenvalue weighted by molar-refractivity contribution is -0.114. The van der Waals surface area contributed by atoms with Crippen LogP contribution in [0.3, 0.4) is 0 Å². The van der Waals surface area contributed by atoms with Crippen LogP contribution in [0.25, 0.3) is 0 Å². The number of sulfonamides is 1. The minimum absolute atomic E-state index is 0.309. The fourth-order valence-corrected chi connectivity index (χ4v) is 3.20. The number of carbonyl (C=O) groups excluding carboxylic acids is 1. The third kappa shape index (κ3) is 4.89. The number of aryl methyl sites for hydroxylation is 1. The summed E-state index contributed by atoms with van der Waals surface area (Å²) in [4.78, 5) is 12.3. The van der Waals surface area contributed by atoms with Gasteiger partial charge in [-0.05, 0) is 31.2 Å². The molecule has 0 aliphatic rings. The lowest BCUT2D eigenvalue weighted by atomic mass is 10.2. The van der Waals surface area contributed by atoms with Crippen molar-refractivity contribution in [2.75, 3.05) is 36.6 Å². The molecular formula is C18H22N2O5S. The minimum Gasteiger partial charge on any atom is -0.493 e. The fourth-order valence-electron chi connectivity index (χ4n) is 2.35. The molecule has 8 heteroatoms. The lowest BCUT2D eigenvalue weighted by Gasteiger charge is -2.23. The molecule has 0 saturated heterocycles. The Balaban J connectivity index is 2.25. The minimum atomic E-state index is -3.68. The summed E-state index contributed by atoms with van der Waals surface area (Å²) in [6, 6.07) is 11.9. The number of hydrogen-bond donors (Lipinski definition) is 1. The maximum absolute atomic E-state index is 12.3. The standard InChI is InChI=1S/C18H22N2O5S/c1-13-5-7-14(8-6-13)19-18(21)12-20(26(4,22)23)15-9-10-16(24-2)17(11-15)25-3/h5-11H,12H2,1-4H3,(H,19,21). The molecule has 0 aliphatic carbocycles. The Morgan fingerprint density at radius 3 is 2.19 bits per heavy atom. The second kappa shape index (κ2) is 8.09. The summed E-state index contributed by atoms with van der Waals surface area (Å²) in [5, 5.41) is 2.69. The summed E-state index contributed by atoms with van der Waals surface area (Å²) in [5.41, 5.74) is 1.97. The average Bonchev–Trinajstić information content (AvgIpc) is 2.60. The van der Waals surface area contributed by atoms with Crippen molar-refractivity contribution in [2.45, 2.75) is 6.92 Å². The third-order valence-electron chi connectivity index (χ3n) is 3.68. The number of carbonyl (C=O) groups is 1. The second-order valence-electron chi connectivity index (χ2n) is 5.72. The van der Waals surface area contributed by atoms with E-state index in [1.54, 1.807) is 24.3 Å². The van der Waals surface area contributed by atoms with Gasteiger partial charge in [-0.1, -0.05) is 17.7 Å². The Morgan fingerprint density at radius 2 is 1.65 bits per heavy atom. The molecular weight excluding hydrogens is 356 g/mol. The molecule has 2 aromatic rings. The highest BCUT2D eigenvalue weighted by Gasteiger charge is 2.22. The second-order valence-corrected chi connectivity index (χ2v) is 7.63. The molecule has 0 aromatic heterocycles. The van der Waals surface area contributed by atoms with Crippen molar-refractivity contribution in [1.82, 2.24) is 0 Å². The smallest absolute Gasteiger partial charge is 0.245 e. The van der Waals surface area contributed by atoms with Crippen molar-refractivity contribution in [3.8, 4) is 11.5 Å². The highest BCUT2D eigenvalue weighted by Crippen LogP contribution is 2.32. The Bertz CT molecular complexity index is 879. The molecule has 0 radical (unpaired) electrons. The Hall–Kier alpha value is -2.74. The number of anilines is 2. The van der Waals surface area contributed by atoms with Gasteiger partial charge in [0.05, 0.1) is 26.2 Å². The summed E-state index contributed by atoms with van der Waals surface area (Å²) in [7, 11) is -0.739. The van der Waals surface area contributed by atoms with Gasteiger partial charge in [-0.25, -0.2) is 8.42 Å². The van der Waals surface area contributed by atoms with Gasteiger partial charge in [0.1, 0.15) is 6.54 Å². The molecule has 0 bridgehead atoms. The van der Waals surface area contributed by atoms with Gasteiger partial charge in [-0.3, -0.25) is 9.10 Å². The quantitative estimate of drug-likeness (QED) is 0.800. The van der Waals surface area contributed by atoms with Crippen molar-refractivity contribution in [2.24, 2.45) is 0 Å². The molecule has 2 rings (SSSR count). The molecule has 0 fully saturated rings. The van der Waals surface area contributed by atoms with Crippen LogP contribution in [-0.2, 0) is 14.8 Å². The Morgan fingerprint density at radius 1 is 1.04 bits per heavy atom. The molecule has 1 N–H and O–H groups in total. The van der Waals surface area contributed by atoms with Crippen molar-refractivity contribution in [3.63, 3.8) is 0 Å². The van der Waals surface area contributed by atoms with Crippen LogP contribution in [0.1, 0.15) is 5.56 Å². The van der Waals surface area contributed by atoms with Gasteiger partial charge in [0.2, 0.25) is 15.9 Å². The zero-order chi connectivity index (χ0) is 19.3. The first-order valence-corrected chi connectivity index (χ1v) is 9.65. The fraction of sp³-hybridized carbons (Fsp3) is 0.278. The van der Waals surface area contributed by atoms with E-state index in [0.717, 1.165) is 16.1 Å². The van der Waals surface area contributed by atoms with Crippen molar-refractivity contribution < 1.29 is 22.7 Å². The van der Waals surface area contributed by atoms with Crippen LogP contribution in [0.4, 0.5) is 11.4 Å². The lowest BCUT2D eigenvalue weighted by Crippen LogP contribution is -2.37. The molecule has 0 unspecified atom stereocenters. The van der Waals surface area contributed by atoms with E-state index in [4.69, 9.17) is 9.47 Å². The summed E-state index contributed by atoms with van der Waals surface area (Å²) in [5.74, 6) is 0.389. The van der Waals surface area contributed by atoms with E-state index in [1.165, 1.54) is 20.3 Å². The van der Waals surface area contributed by atoms with E-state index in [0.29, 0.717) is 22.9 Å². The molecule has 0 atom stereocenters. The number of nitrogens with one attached hydrogen (secondary N) is 1. The number of rotatable bonds is 7. The van der Waals surface area contributed by atoms with Gasteiger partial charge in [0.25, 0.3) is 0 Å². The predicted octanol–water partition coefficient (Wildman–Crippen LogP) is 2.42. The van der Waals surface area contributed by atoms with E-state index in [-0.39, 0.29) is 6.54 Å². The molecule has 0 saturated carbocycles. The van der Waals surface area contributed by atoms with Gasteiger partial charge < -0.3 is 14.8 Å². The zero-order valence-electron chi connectivity index (χ0n) is 15.1. The Kier molecular flexibility index (Phi) is 6.10. The molecule has 1 amide bonds. The van der Waals surface area contributed by atoms with Gasteiger partial charge in [-0.15, -0.1) is 0 Å².